The highest BCUT2D eigenvalue weighted by atomic mass is 16.8. The van der Waals surface area contributed by atoms with Crippen LogP contribution in [0.1, 0.15) is 113 Å². The molecule has 1 spiro atoms. The molecule has 0 aromatic rings. The highest BCUT2D eigenvalue weighted by Gasteiger charge is 2.79. The number of rotatable bonds is 15. The van der Waals surface area contributed by atoms with E-state index in [0.717, 1.165) is 44.9 Å². The molecule has 0 unspecified atom stereocenters. The maximum absolute atomic E-state index is 14.4. The molecule has 0 aromatic carbocycles. The van der Waals surface area contributed by atoms with Crippen LogP contribution < -0.4 is 0 Å². The molecule has 22 heteroatoms. The minimum Gasteiger partial charge on any atom is -0.459 e. The summed E-state index contributed by atoms with van der Waals surface area (Å²) in [5, 5.41) is 122. The molecule has 9 rings (SSSR count). The minimum absolute atomic E-state index is 0.0577. The summed E-state index contributed by atoms with van der Waals surface area (Å²) >= 11 is 0. The molecule has 0 bridgehead atoms. The second-order valence-corrected chi connectivity index (χ2v) is 25.4. The third-order valence-electron chi connectivity index (χ3n) is 20.4. The average Bonchev–Trinajstić information content (AvgIpc) is 4.07. The van der Waals surface area contributed by atoms with Crippen molar-refractivity contribution in [1.29, 1.82) is 0 Å². The van der Waals surface area contributed by atoms with Gasteiger partial charge in [0.1, 0.15) is 96.5 Å². The van der Waals surface area contributed by atoms with Crippen molar-refractivity contribution in [3.05, 3.63) is 11.6 Å². The van der Waals surface area contributed by atoms with E-state index in [9.17, 15) is 61.0 Å². The van der Waals surface area contributed by atoms with Crippen LogP contribution in [0.2, 0.25) is 0 Å². The third-order valence-corrected chi connectivity index (χ3v) is 20.4. The summed E-state index contributed by atoms with van der Waals surface area (Å²) < 4.78 is 59.8. The van der Waals surface area contributed by atoms with Crippen LogP contribution in [0.25, 0.3) is 0 Å². The molecule has 76 heavy (non-hydrogen) atoms. The molecule has 5 saturated heterocycles. The van der Waals surface area contributed by atoms with Crippen LogP contribution in [0.4, 0.5) is 0 Å². The predicted octanol–water partition coefficient (Wildman–Crippen LogP) is -0.337. The van der Waals surface area contributed by atoms with Gasteiger partial charge in [-0.15, -0.1) is 0 Å². The second-order valence-electron chi connectivity index (χ2n) is 25.4. The van der Waals surface area contributed by atoms with E-state index in [2.05, 4.69) is 48.5 Å². The van der Waals surface area contributed by atoms with Crippen LogP contribution in [0.5, 0.6) is 0 Å². The lowest BCUT2D eigenvalue weighted by Crippen LogP contribution is -2.67. The van der Waals surface area contributed by atoms with E-state index in [1.807, 2.05) is 6.08 Å². The fraction of sp³-hybridized carbons (Fsp3) is 0.944. The molecule has 28 atom stereocenters. The molecule has 22 nitrogen and oxygen atoms in total. The number of aliphatic hydroxyl groups excluding tert-OH is 11. The summed E-state index contributed by atoms with van der Waals surface area (Å²) in [6.45, 7) is 14.9. The normalized spacial score (nSPS) is 53.1. The Kier molecular flexibility index (Phi) is 17.1. The number of hydrogen-bond donors (Lipinski definition) is 11. The number of aliphatic hydroxyl groups is 11. The summed E-state index contributed by atoms with van der Waals surface area (Å²) in [5.41, 5.74) is -1.85. The van der Waals surface area contributed by atoms with Crippen molar-refractivity contribution in [2.24, 2.45) is 45.3 Å². The fourth-order valence-electron chi connectivity index (χ4n) is 16.2. The molecule has 436 valence electrons. The lowest BCUT2D eigenvalue weighted by Gasteiger charge is -2.64. The molecule has 3 saturated carbocycles. The molecule has 9 aliphatic rings. The zero-order valence-corrected chi connectivity index (χ0v) is 45.4. The number of ether oxygens (including phenoxy) is 10. The van der Waals surface area contributed by atoms with Crippen LogP contribution in [0.15, 0.2) is 11.6 Å². The third kappa shape index (κ3) is 9.47. The summed E-state index contributed by atoms with van der Waals surface area (Å²) in [7, 11) is 1.21. The van der Waals surface area contributed by atoms with Gasteiger partial charge in [-0.3, -0.25) is 4.79 Å². The van der Waals surface area contributed by atoms with Crippen molar-refractivity contribution in [1.82, 2.24) is 0 Å². The quantitative estimate of drug-likeness (QED) is 0.0568. The van der Waals surface area contributed by atoms with Crippen molar-refractivity contribution in [2.75, 3.05) is 26.9 Å². The van der Waals surface area contributed by atoms with Crippen LogP contribution in [-0.2, 0) is 52.2 Å². The van der Waals surface area contributed by atoms with E-state index in [1.54, 1.807) is 0 Å². The number of fused-ring (bicyclic) bond motifs is 4. The maximum atomic E-state index is 14.4. The Hall–Kier alpha value is -1.59. The number of carbonyl (C=O) groups excluding carboxylic acids is 1. The summed E-state index contributed by atoms with van der Waals surface area (Å²) in [6.07, 6.45) is -21.8. The SMILES string of the molecule is CO[C@@H]1[C@@H](O)[C@H](O[C@@H]2[C@@H](O)[C@H](O[C@H]3[C@H](O)[C@@H](O)[C@H](O[C@H]4[C@H](O[C@H]5CC[C@]6(C)C7=C[C@H](O)[C@@]89C(=O)O[C@@](C)(CCCC(C)C)[C@H]8CC[C@@]9(C)[C@@H]7CC[C@H]6C5(C)C)OC[C@@H](O)[C@@H]4O)O[C@@H]3C)O[C@H](CO)[C@H]2O)O[C@H](CO)[C@H]1O. The van der Waals surface area contributed by atoms with Crippen molar-refractivity contribution in [3.8, 4) is 0 Å². The van der Waals surface area contributed by atoms with E-state index in [-0.39, 0.29) is 35.7 Å². The van der Waals surface area contributed by atoms with Gasteiger partial charge in [0.05, 0.1) is 38.1 Å². The van der Waals surface area contributed by atoms with E-state index in [1.165, 1.54) is 19.6 Å². The predicted molar refractivity (Wildman–Crippen MR) is 262 cm³/mol. The average molecular weight is 1090 g/mol. The van der Waals surface area contributed by atoms with Crippen LogP contribution in [-0.4, -0.2) is 224 Å². The topological polar surface area (TPSA) is 332 Å². The van der Waals surface area contributed by atoms with Gasteiger partial charge in [0.2, 0.25) is 0 Å². The standard InChI is InChI=1S/C54H88O22/c1-23(2)11-10-16-53(8)31-14-18-52(7)25-12-13-30-50(4,5)33(15-17-51(30,6)26(25)19-32(58)54(31,52)49(66)76-53)72-48-44(34(59)27(57)22-68-48)75-45-38(63)37(62)41(24(3)69-45)73-47-40(65)43(36(61)29(21-56)71-47)74-46-39(64)42(67-9)35(60)28(20-55)70-46/h19,23-25,27-48,55-65H,10-18,20-22H2,1-9H3/t24-,25-,27-,28-,29-,30+,31-,32+,33+,34+,35-,36-,37-,38-,39-,40-,41-,42+,43+,44-,45+,46+,47+,48+,51-,52+,53+,54-/m1/s1. The fourth-order valence-corrected chi connectivity index (χ4v) is 16.2. The summed E-state index contributed by atoms with van der Waals surface area (Å²) in [6, 6.07) is 0. The molecule has 5 aliphatic heterocycles. The molecular weight excluding hydrogens is 1000 g/mol. The lowest BCUT2D eigenvalue weighted by atomic mass is 9.40. The smallest absolute Gasteiger partial charge is 0.316 e. The van der Waals surface area contributed by atoms with Gasteiger partial charge >= 0.3 is 5.97 Å². The maximum Gasteiger partial charge on any atom is 0.316 e. The van der Waals surface area contributed by atoms with E-state index < -0.39 is 164 Å². The molecule has 5 heterocycles. The number of hydrogen-bond acceptors (Lipinski definition) is 22. The Morgan fingerprint density at radius 2 is 1.26 bits per heavy atom. The molecule has 11 N–H and O–H groups in total. The first-order chi connectivity index (χ1) is 35.7. The first-order valence-corrected chi connectivity index (χ1v) is 27.8. The summed E-state index contributed by atoms with van der Waals surface area (Å²) in [5.74, 6) is 0.308. The lowest BCUT2D eigenvalue weighted by molar-refractivity contribution is -0.389. The van der Waals surface area contributed by atoms with Crippen LogP contribution in [0.3, 0.4) is 0 Å². The number of allylic oxidation sites excluding steroid dienone is 1. The van der Waals surface area contributed by atoms with Crippen molar-refractivity contribution in [2.45, 2.75) is 248 Å². The number of carbonyl (C=O) groups is 1. The molecule has 8 fully saturated rings. The molecule has 0 aromatic heterocycles. The highest BCUT2D eigenvalue weighted by molar-refractivity contribution is 5.84. The first kappa shape index (κ1) is 59.0. The van der Waals surface area contributed by atoms with Crippen molar-refractivity contribution < 1.29 is 108 Å². The largest absolute Gasteiger partial charge is 0.459 e. The van der Waals surface area contributed by atoms with Gasteiger partial charge in [0.25, 0.3) is 0 Å². The highest BCUT2D eigenvalue weighted by Crippen LogP contribution is 2.76. The van der Waals surface area contributed by atoms with E-state index >= 15 is 0 Å². The van der Waals surface area contributed by atoms with Gasteiger partial charge in [-0.05, 0) is 99.2 Å². The molecular formula is C54H88O22. The minimum atomic E-state index is -1.90. The zero-order valence-electron chi connectivity index (χ0n) is 45.4. The van der Waals surface area contributed by atoms with Gasteiger partial charge in [-0.1, -0.05) is 59.6 Å². The van der Waals surface area contributed by atoms with Gasteiger partial charge in [-0.2, -0.15) is 0 Å². The Morgan fingerprint density at radius 3 is 1.89 bits per heavy atom. The Morgan fingerprint density at radius 1 is 0.658 bits per heavy atom. The second kappa shape index (κ2) is 22.0. The van der Waals surface area contributed by atoms with E-state index in [0.29, 0.717) is 18.8 Å². The van der Waals surface area contributed by atoms with Crippen molar-refractivity contribution >= 4 is 5.97 Å². The first-order valence-electron chi connectivity index (χ1n) is 27.8. The van der Waals surface area contributed by atoms with E-state index in [4.69, 9.17) is 47.4 Å². The van der Waals surface area contributed by atoms with Gasteiger partial charge in [-0.25, -0.2) is 0 Å². The molecule has 4 aliphatic carbocycles. The van der Waals surface area contributed by atoms with Gasteiger partial charge < -0.3 is 104 Å². The zero-order chi connectivity index (χ0) is 55.4. The molecule has 0 radical (unpaired) electrons. The number of esters is 1. The van der Waals surface area contributed by atoms with Gasteiger partial charge in [0.15, 0.2) is 25.2 Å². The Balaban J connectivity index is 0.872. The molecule has 0 amide bonds. The van der Waals surface area contributed by atoms with Crippen molar-refractivity contribution in [3.63, 3.8) is 0 Å². The monoisotopic (exact) mass is 1090 g/mol. The summed E-state index contributed by atoms with van der Waals surface area (Å²) in [4.78, 5) is 14.4. The van der Waals surface area contributed by atoms with Crippen LogP contribution >= 0.6 is 0 Å². The Labute approximate surface area is 444 Å². The van der Waals surface area contributed by atoms with Gasteiger partial charge in [0, 0.05) is 13.0 Å². The van der Waals surface area contributed by atoms with Crippen LogP contribution in [0, 0.1) is 45.3 Å². The number of methoxy groups -OCH3 is 1. The Bertz CT molecular complexity index is 2060. The number of cyclic esters (lactones) is 1.